The molecule has 0 saturated heterocycles. The van der Waals surface area contributed by atoms with Gasteiger partial charge in [-0.05, 0) is 55.2 Å². The number of rotatable bonds is 3. The van der Waals surface area contributed by atoms with Crippen LogP contribution in [0.15, 0.2) is 53.5 Å². The van der Waals surface area contributed by atoms with Gasteiger partial charge in [-0.25, -0.2) is 0 Å². The minimum absolute atomic E-state index is 0.262. The second-order valence-electron chi connectivity index (χ2n) is 5.98. The first-order valence-electron chi connectivity index (χ1n) is 7.72. The van der Waals surface area contributed by atoms with Gasteiger partial charge in [0.15, 0.2) is 0 Å². The second-order valence-corrected chi connectivity index (χ2v) is 5.98. The van der Waals surface area contributed by atoms with Crippen molar-refractivity contribution < 1.29 is 10.2 Å². The normalized spacial score (nSPS) is 19.9. The van der Waals surface area contributed by atoms with Crippen LogP contribution in [0.2, 0.25) is 0 Å². The highest BCUT2D eigenvalue weighted by atomic mass is 16.3. The molecule has 0 aromatic heterocycles. The minimum atomic E-state index is -0.268. The van der Waals surface area contributed by atoms with Crippen molar-refractivity contribution in [2.24, 2.45) is 4.99 Å². The minimum Gasteiger partial charge on any atom is -0.508 e. The Hall–Kier alpha value is -2.29. The average Bonchev–Trinajstić information content (AvgIpc) is 2.86. The van der Waals surface area contributed by atoms with Crippen LogP contribution in [0.1, 0.15) is 37.8 Å². The van der Waals surface area contributed by atoms with E-state index in [0.29, 0.717) is 0 Å². The Morgan fingerprint density at radius 1 is 0.955 bits per heavy atom. The highest BCUT2D eigenvalue weighted by Gasteiger charge is 2.43. The molecular weight excluding hydrogens is 274 g/mol. The lowest BCUT2D eigenvalue weighted by Gasteiger charge is -2.32. The van der Waals surface area contributed by atoms with Gasteiger partial charge in [0, 0.05) is 11.8 Å². The predicted molar refractivity (Wildman–Crippen MR) is 88.8 cm³/mol. The smallest absolute Gasteiger partial charge is 0.115 e. The van der Waals surface area contributed by atoms with Gasteiger partial charge in [-0.3, -0.25) is 4.99 Å². The van der Waals surface area contributed by atoms with Crippen molar-refractivity contribution in [3.8, 4) is 11.5 Å². The summed E-state index contributed by atoms with van der Waals surface area (Å²) in [6.07, 6.45) is 1.79. The molecule has 22 heavy (non-hydrogen) atoms. The van der Waals surface area contributed by atoms with Gasteiger partial charge in [0.05, 0.1) is 5.41 Å². The maximum absolute atomic E-state index is 9.60. The first kappa shape index (κ1) is 14.6. The van der Waals surface area contributed by atoms with Crippen LogP contribution in [0.4, 0.5) is 0 Å². The Bertz CT molecular complexity index is 641. The molecule has 2 N–H and O–H groups in total. The van der Waals surface area contributed by atoms with Crippen LogP contribution in [-0.4, -0.2) is 22.0 Å². The Morgan fingerprint density at radius 2 is 1.41 bits per heavy atom. The van der Waals surface area contributed by atoms with Crippen molar-refractivity contribution in [1.82, 2.24) is 0 Å². The fraction of sp³-hybridized carbons (Fsp3) is 0.316. The molecule has 114 valence electrons. The third-order valence-corrected chi connectivity index (χ3v) is 4.53. The molecule has 1 aliphatic rings. The van der Waals surface area contributed by atoms with E-state index in [4.69, 9.17) is 4.99 Å². The van der Waals surface area contributed by atoms with Gasteiger partial charge in [0.2, 0.25) is 0 Å². The summed E-state index contributed by atoms with van der Waals surface area (Å²) in [6.45, 7) is 4.27. The Labute approximate surface area is 131 Å². The molecule has 3 nitrogen and oxygen atoms in total. The average molecular weight is 295 g/mol. The number of hydrogen-bond acceptors (Lipinski definition) is 3. The fourth-order valence-corrected chi connectivity index (χ4v) is 3.60. The van der Waals surface area contributed by atoms with Crippen LogP contribution in [0.25, 0.3) is 0 Å². The molecule has 3 rings (SSSR count). The maximum atomic E-state index is 9.60. The first-order chi connectivity index (χ1) is 10.6. The highest BCUT2D eigenvalue weighted by Crippen LogP contribution is 2.44. The molecule has 1 heterocycles. The van der Waals surface area contributed by atoms with Crippen molar-refractivity contribution in [2.45, 2.75) is 38.1 Å². The van der Waals surface area contributed by atoms with Gasteiger partial charge in [0.1, 0.15) is 11.5 Å². The number of hydrogen-bond donors (Lipinski definition) is 2. The Kier molecular flexibility index (Phi) is 3.65. The number of phenols is 2. The number of phenolic OH excluding ortho intramolecular Hbond substituents is 2. The lowest BCUT2D eigenvalue weighted by atomic mass is 9.68. The SMILES string of the molecule is CCC1=NC(C)CC1(c1ccc(O)cc1)c1ccc(O)cc1. The molecule has 2 aromatic rings. The van der Waals surface area contributed by atoms with E-state index in [0.717, 1.165) is 29.7 Å². The van der Waals surface area contributed by atoms with Crippen LogP contribution in [0, 0.1) is 0 Å². The quantitative estimate of drug-likeness (QED) is 0.898. The standard InChI is InChI=1S/C19H21NO2/c1-3-18-19(12-13(2)20-18,14-4-8-16(21)9-5-14)15-6-10-17(22)11-7-15/h4-11,13,21-22H,3,12H2,1-2H3. The highest BCUT2D eigenvalue weighted by molar-refractivity contribution is 5.99. The maximum Gasteiger partial charge on any atom is 0.115 e. The van der Waals surface area contributed by atoms with Crippen LogP contribution in [-0.2, 0) is 5.41 Å². The summed E-state index contributed by atoms with van der Waals surface area (Å²) in [7, 11) is 0. The molecule has 1 unspecified atom stereocenters. The second kappa shape index (κ2) is 5.48. The molecule has 0 amide bonds. The summed E-state index contributed by atoms with van der Waals surface area (Å²) < 4.78 is 0. The third kappa shape index (κ3) is 2.27. The van der Waals surface area contributed by atoms with E-state index < -0.39 is 0 Å². The molecule has 3 heteroatoms. The zero-order valence-corrected chi connectivity index (χ0v) is 13.0. The number of nitrogens with zero attached hydrogens (tertiary/aromatic N) is 1. The summed E-state index contributed by atoms with van der Waals surface area (Å²) in [5.74, 6) is 0.538. The van der Waals surface area contributed by atoms with E-state index in [1.165, 1.54) is 0 Å². The molecule has 0 radical (unpaired) electrons. The van der Waals surface area contributed by atoms with Crippen molar-refractivity contribution in [2.75, 3.05) is 0 Å². The molecule has 1 atom stereocenters. The number of benzene rings is 2. The molecule has 0 bridgehead atoms. The van der Waals surface area contributed by atoms with Gasteiger partial charge in [-0.2, -0.15) is 0 Å². The molecule has 1 aliphatic heterocycles. The van der Waals surface area contributed by atoms with Gasteiger partial charge < -0.3 is 10.2 Å². The Balaban J connectivity index is 2.21. The molecule has 2 aromatic carbocycles. The number of aromatic hydroxyl groups is 2. The summed E-state index contributed by atoms with van der Waals surface area (Å²) >= 11 is 0. The van der Waals surface area contributed by atoms with E-state index in [2.05, 4.69) is 13.8 Å². The van der Waals surface area contributed by atoms with Gasteiger partial charge >= 0.3 is 0 Å². The zero-order chi connectivity index (χ0) is 15.7. The molecular formula is C19H21NO2. The topological polar surface area (TPSA) is 52.8 Å². The summed E-state index contributed by atoms with van der Waals surface area (Å²) in [5.41, 5.74) is 3.17. The van der Waals surface area contributed by atoms with Crippen LogP contribution >= 0.6 is 0 Å². The van der Waals surface area contributed by atoms with E-state index in [1.54, 1.807) is 24.3 Å². The van der Waals surface area contributed by atoms with Crippen molar-refractivity contribution in [3.05, 3.63) is 59.7 Å². The Morgan fingerprint density at radius 3 is 1.82 bits per heavy atom. The molecule has 0 fully saturated rings. The first-order valence-corrected chi connectivity index (χ1v) is 7.72. The van der Waals surface area contributed by atoms with E-state index in [9.17, 15) is 10.2 Å². The van der Waals surface area contributed by atoms with Crippen LogP contribution in [0.5, 0.6) is 11.5 Å². The van der Waals surface area contributed by atoms with Crippen LogP contribution in [0.3, 0.4) is 0 Å². The van der Waals surface area contributed by atoms with Crippen molar-refractivity contribution in [1.29, 1.82) is 0 Å². The monoisotopic (exact) mass is 295 g/mol. The van der Waals surface area contributed by atoms with E-state index in [-0.39, 0.29) is 23.0 Å². The largest absolute Gasteiger partial charge is 0.508 e. The van der Waals surface area contributed by atoms with E-state index in [1.807, 2.05) is 24.3 Å². The lowest BCUT2D eigenvalue weighted by Crippen LogP contribution is -2.34. The van der Waals surface area contributed by atoms with E-state index >= 15 is 0 Å². The summed E-state index contributed by atoms with van der Waals surface area (Å²) in [5, 5.41) is 19.2. The zero-order valence-electron chi connectivity index (χ0n) is 13.0. The number of aliphatic imine (C=N–C) groups is 1. The predicted octanol–water partition coefficient (Wildman–Crippen LogP) is 4.03. The van der Waals surface area contributed by atoms with Gasteiger partial charge in [0.25, 0.3) is 0 Å². The summed E-state index contributed by atoms with van der Waals surface area (Å²) in [4.78, 5) is 4.85. The van der Waals surface area contributed by atoms with Crippen molar-refractivity contribution >= 4 is 5.71 Å². The summed E-state index contributed by atoms with van der Waals surface area (Å²) in [6, 6.07) is 15.1. The van der Waals surface area contributed by atoms with Crippen LogP contribution < -0.4 is 0 Å². The van der Waals surface area contributed by atoms with Gasteiger partial charge in [-0.1, -0.05) is 31.2 Å². The molecule has 0 saturated carbocycles. The van der Waals surface area contributed by atoms with Gasteiger partial charge in [-0.15, -0.1) is 0 Å². The molecule has 0 aliphatic carbocycles. The fourth-order valence-electron chi connectivity index (χ4n) is 3.60. The lowest BCUT2D eigenvalue weighted by molar-refractivity contribution is 0.474. The third-order valence-electron chi connectivity index (χ3n) is 4.53. The van der Waals surface area contributed by atoms with Crippen molar-refractivity contribution in [3.63, 3.8) is 0 Å². The molecule has 0 spiro atoms.